The normalized spacial score (nSPS) is 10.8. The van der Waals surface area contributed by atoms with Gasteiger partial charge in [0.05, 0.1) is 6.54 Å². The number of rotatable bonds is 7. The number of hydrogen-bond donors (Lipinski definition) is 2. The molecule has 1 heterocycles. The van der Waals surface area contributed by atoms with Gasteiger partial charge < -0.3 is 15.2 Å². The van der Waals surface area contributed by atoms with Crippen LogP contribution in [-0.2, 0) is 24.4 Å². The smallest absolute Gasteiger partial charge is 0.251 e. The first kappa shape index (κ1) is 22.4. The second kappa shape index (κ2) is 9.79. The number of fused-ring (bicyclic) bond motifs is 1. The van der Waals surface area contributed by atoms with Crippen molar-refractivity contribution < 1.29 is 9.59 Å². The van der Waals surface area contributed by atoms with E-state index >= 15 is 0 Å². The van der Waals surface area contributed by atoms with Gasteiger partial charge in [-0.3, -0.25) is 9.59 Å². The summed E-state index contributed by atoms with van der Waals surface area (Å²) in [6, 6.07) is 21.1. The minimum atomic E-state index is -0.223. The van der Waals surface area contributed by atoms with Gasteiger partial charge in [0, 0.05) is 23.2 Å². The highest BCUT2D eigenvalue weighted by atomic mass is 32.1. The van der Waals surface area contributed by atoms with E-state index in [1.165, 1.54) is 4.68 Å². The van der Waals surface area contributed by atoms with Gasteiger partial charge in [-0.05, 0) is 49.1 Å². The van der Waals surface area contributed by atoms with E-state index in [4.69, 9.17) is 12.2 Å². The summed E-state index contributed by atoms with van der Waals surface area (Å²) in [6.45, 7) is 4.62. The molecule has 3 aromatic carbocycles. The van der Waals surface area contributed by atoms with Gasteiger partial charge in [0.25, 0.3) is 5.91 Å². The summed E-state index contributed by atoms with van der Waals surface area (Å²) in [7, 11) is 0. The van der Waals surface area contributed by atoms with Crippen LogP contribution in [0.15, 0.2) is 66.7 Å². The molecule has 1 aromatic heterocycles. The van der Waals surface area contributed by atoms with Gasteiger partial charge in [-0.2, -0.15) is 5.10 Å². The lowest BCUT2D eigenvalue weighted by Crippen LogP contribution is -2.25. The van der Waals surface area contributed by atoms with Crippen molar-refractivity contribution in [2.45, 2.75) is 33.5 Å². The molecule has 2 N–H and O–H groups in total. The Morgan fingerprint density at radius 2 is 1.73 bits per heavy atom. The standard InChI is InChI=1S/C25H25N5O2S/c1-3-29-22(15-26-24(32)19-12-6-4-9-17(19)2)28-30(25(29)33)16-23(31)27-21-14-8-11-18-10-5-7-13-20(18)21/h4-14H,3,15-16H2,1-2H3,(H,26,32)(H,27,31). The monoisotopic (exact) mass is 459 g/mol. The van der Waals surface area contributed by atoms with Crippen LogP contribution in [-0.4, -0.2) is 26.2 Å². The third kappa shape index (κ3) is 4.85. The number of aryl methyl sites for hydroxylation is 1. The SMILES string of the molecule is CCn1c(CNC(=O)c2ccccc2C)nn(CC(=O)Nc2cccc3ccccc23)c1=S. The second-order valence-electron chi connectivity index (χ2n) is 7.67. The minimum absolute atomic E-state index is 0.0200. The van der Waals surface area contributed by atoms with E-state index in [9.17, 15) is 9.59 Å². The molecule has 0 saturated carbocycles. The molecule has 4 aromatic rings. The Morgan fingerprint density at radius 3 is 2.52 bits per heavy atom. The zero-order valence-electron chi connectivity index (χ0n) is 18.5. The molecule has 0 aliphatic rings. The molecule has 0 radical (unpaired) electrons. The number of amides is 2. The number of hydrogen-bond acceptors (Lipinski definition) is 4. The Balaban J connectivity index is 1.48. The molecule has 0 spiro atoms. The first-order valence-corrected chi connectivity index (χ1v) is 11.2. The highest BCUT2D eigenvalue weighted by Crippen LogP contribution is 2.23. The van der Waals surface area contributed by atoms with Gasteiger partial charge in [0.1, 0.15) is 6.54 Å². The number of nitrogens with one attached hydrogen (secondary N) is 2. The Morgan fingerprint density at radius 1 is 1.00 bits per heavy atom. The van der Waals surface area contributed by atoms with Crippen LogP contribution >= 0.6 is 12.2 Å². The summed E-state index contributed by atoms with van der Waals surface area (Å²) in [6.07, 6.45) is 0. The van der Waals surface area contributed by atoms with Crippen LogP contribution in [0.3, 0.4) is 0 Å². The van der Waals surface area contributed by atoms with Crippen LogP contribution < -0.4 is 10.6 Å². The van der Waals surface area contributed by atoms with Crippen LogP contribution in [0.2, 0.25) is 0 Å². The minimum Gasteiger partial charge on any atom is -0.345 e. The van der Waals surface area contributed by atoms with Crippen LogP contribution in [0.4, 0.5) is 5.69 Å². The van der Waals surface area contributed by atoms with Gasteiger partial charge in [-0.15, -0.1) is 0 Å². The molecule has 7 nitrogen and oxygen atoms in total. The number of carbonyl (C=O) groups is 2. The Kier molecular flexibility index (Phi) is 6.65. The first-order valence-electron chi connectivity index (χ1n) is 10.8. The lowest BCUT2D eigenvalue weighted by molar-refractivity contribution is -0.116. The Hall–Kier alpha value is -3.78. The maximum absolute atomic E-state index is 12.8. The number of benzene rings is 3. The van der Waals surface area contributed by atoms with E-state index in [0.29, 0.717) is 22.7 Å². The maximum atomic E-state index is 12.8. The van der Waals surface area contributed by atoms with E-state index in [0.717, 1.165) is 22.0 Å². The van der Waals surface area contributed by atoms with Crippen molar-refractivity contribution in [3.8, 4) is 0 Å². The number of aromatic nitrogens is 3. The predicted molar refractivity (Wildman–Crippen MR) is 132 cm³/mol. The van der Waals surface area contributed by atoms with E-state index in [1.807, 2.05) is 79.1 Å². The summed E-state index contributed by atoms with van der Waals surface area (Å²) in [5.74, 6) is 0.200. The van der Waals surface area contributed by atoms with E-state index < -0.39 is 0 Å². The summed E-state index contributed by atoms with van der Waals surface area (Å²) < 4.78 is 3.75. The Labute approximate surface area is 197 Å². The highest BCUT2D eigenvalue weighted by molar-refractivity contribution is 7.71. The van der Waals surface area contributed by atoms with Gasteiger partial charge in [0.15, 0.2) is 10.6 Å². The number of anilines is 1. The van der Waals surface area contributed by atoms with Crippen molar-refractivity contribution in [1.29, 1.82) is 0 Å². The van der Waals surface area contributed by atoms with Crippen molar-refractivity contribution in [3.05, 3.63) is 88.5 Å². The molecule has 8 heteroatoms. The Bertz CT molecular complexity index is 1380. The van der Waals surface area contributed by atoms with Crippen LogP contribution in [0.1, 0.15) is 28.7 Å². The zero-order valence-corrected chi connectivity index (χ0v) is 19.4. The van der Waals surface area contributed by atoms with Crippen molar-refractivity contribution in [3.63, 3.8) is 0 Å². The molecule has 0 aliphatic carbocycles. The summed E-state index contributed by atoms with van der Waals surface area (Å²) in [5, 5.41) is 12.4. The molecule has 0 atom stereocenters. The lowest BCUT2D eigenvalue weighted by Gasteiger charge is -2.08. The fourth-order valence-corrected chi connectivity index (χ4v) is 4.12. The van der Waals surface area contributed by atoms with Crippen LogP contribution in [0, 0.1) is 11.7 Å². The molecule has 168 valence electrons. The average Bonchev–Trinajstić information content (AvgIpc) is 3.12. The molecule has 4 rings (SSSR count). The predicted octanol–water partition coefficient (Wildman–Crippen LogP) is 4.46. The van der Waals surface area contributed by atoms with Gasteiger partial charge >= 0.3 is 0 Å². The van der Waals surface area contributed by atoms with Crippen molar-refractivity contribution in [2.75, 3.05) is 5.32 Å². The highest BCUT2D eigenvalue weighted by Gasteiger charge is 2.15. The molecular formula is C25H25N5O2S. The zero-order chi connectivity index (χ0) is 23.4. The first-order chi connectivity index (χ1) is 16.0. The fraction of sp³-hybridized carbons (Fsp3) is 0.200. The van der Waals surface area contributed by atoms with Crippen molar-refractivity contribution >= 4 is 40.5 Å². The third-order valence-corrected chi connectivity index (χ3v) is 5.90. The summed E-state index contributed by atoms with van der Waals surface area (Å²) in [5.41, 5.74) is 2.26. The molecule has 2 amide bonds. The number of carbonyl (C=O) groups excluding carboxylic acids is 2. The topological polar surface area (TPSA) is 81.0 Å². The van der Waals surface area contributed by atoms with Crippen LogP contribution in [0.25, 0.3) is 10.8 Å². The molecule has 0 bridgehead atoms. The van der Waals surface area contributed by atoms with E-state index in [2.05, 4.69) is 15.7 Å². The largest absolute Gasteiger partial charge is 0.345 e. The quantitative estimate of drug-likeness (QED) is 0.400. The molecule has 0 unspecified atom stereocenters. The van der Waals surface area contributed by atoms with E-state index in [1.54, 1.807) is 6.07 Å². The lowest BCUT2D eigenvalue weighted by atomic mass is 10.1. The van der Waals surface area contributed by atoms with Gasteiger partial charge in [-0.25, -0.2) is 4.68 Å². The van der Waals surface area contributed by atoms with Crippen molar-refractivity contribution in [2.24, 2.45) is 0 Å². The van der Waals surface area contributed by atoms with Crippen molar-refractivity contribution in [1.82, 2.24) is 19.7 Å². The molecule has 0 aliphatic heterocycles. The molecule has 33 heavy (non-hydrogen) atoms. The molecule has 0 fully saturated rings. The fourth-order valence-electron chi connectivity index (χ4n) is 3.78. The van der Waals surface area contributed by atoms with Gasteiger partial charge in [-0.1, -0.05) is 54.6 Å². The van der Waals surface area contributed by atoms with Gasteiger partial charge in [0.2, 0.25) is 5.91 Å². The molecule has 0 saturated heterocycles. The average molecular weight is 460 g/mol. The number of nitrogens with zero attached hydrogens (tertiary/aromatic N) is 3. The summed E-state index contributed by atoms with van der Waals surface area (Å²) in [4.78, 5) is 25.4. The van der Waals surface area contributed by atoms with Crippen LogP contribution in [0.5, 0.6) is 0 Å². The molecular weight excluding hydrogens is 434 g/mol. The summed E-state index contributed by atoms with van der Waals surface area (Å²) >= 11 is 5.54. The van der Waals surface area contributed by atoms with E-state index in [-0.39, 0.29) is 24.9 Å². The third-order valence-electron chi connectivity index (χ3n) is 5.47. The maximum Gasteiger partial charge on any atom is 0.251 e. The second-order valence-corrected chi connectivity index (χ2v) is 8.04.